The first kappa shape index (κ1) is 23.2. The molecule has 28 heavy (non-hydrogen) atoms. The lowest BCUT2D eigenvalue weighted by atomic mass is 9.90. The largest absolute Gasteiger partial charge is 0.499 e. The summed E-state index contributed by atoms with van der Waals surface area (Å²) in [5, 5.41) is 9.28. The van der Waals surface area contributed by atoms with Crippen LogP contribution in [0.5, 0.6) is 0 Å². The minimum absolute atomic E-state index is 0.301. The van der Waals surface area contributed by atoms with Gasteiger partial charge in [0.15, 0.2) is 0 Å². The van der Waals surface area contributed by atoms with Gasteiger partial charge >= 0.3 is 0 Å². The minimum atomic E-state index is 0.301. The molecule has 0 saturated carbocycles. The van der Waals surface area contributed by atoms with Gasteiger partial charge in [-0.3, -0.25) is 4.99 Å². The summed E-state index contributed by atoms with van der Waals surface area (Å²) in [6, 6.07) is 9.60. The highest BCUT2D eigenvalue weighted by molar-refractivity contribution is 6.01. The number of rotatable bonds is 11. The Balaban J connectivity index is 2.87. The lowest BCUT2D eigenvalue weighted by Gasteiger charge is -2.17. The molecular weight excluding hydrogens is 344 g/mol. The Bertz CT molecular complexity index is 821. The molecule has 1 aromatic rings. The van der Waals surface area contributed by atoms with Gasteiger partial charge in [0.1, 0.15) is 0 Å². The monoisotopic (exact) mass is 376 g/mol. The van der Waals surface area contributed by atoms with Crippen LogP contribution in [0.2, 0.25) is 0 Å². The quantitative estimate of drug-likeness (QED) is 0.183. The molecule has 0 bridgehead atoms. The van der Waals surface area contributed by atoms with Crippen molar-refractivity contribution in [3.05, 3.63) is 78.1 Å². The van der Waals surface area contributed by atoms with Crippen molar-refractivity contribution in [2.45, 2.75) is 47.0 Å². The Morgan fingerprint density at radius 2 is 1.86 bits per heavy atom. The van der Waals surface area contributed by atoms with Gasteiger partial charge in [0.2, 0.25) is 0 Å². The van der Waals surface area contributed by atoms with Gasteiger partial charge in [-0.05, 0) is 64.5 Å². The van der Waals surface area contributed by atoms with Crippen molar-refractivity contribution >= 4 is 11.4 Å². The lowest BCUT2D eigenvalue weighted by Crippen LogP contribution is -2.06. The second-order valence-electron chi connectivity index (χ2n) is 7.00. The van der Waals surface area contributed by atoms with Crippen molar-refractivity contribution in [3.63, 3.8) is 0 Å². The molecule has 0 amide bonds. The van der Waals surface area contributed by atoms with Gasteiger partial charge in [-0.15, -0.1) is 6.58 Å². The highest BCUT2D eigenvalue weighted by Crippen LogP contribution is 2.25. The zero-order chi connectivity index (χ0) is 21.1. The maximum Gasteiger partial charge on any atom is 0.0998 e. The third-order valence-electron chi connectivity index (χ3n) is 4.89. The second-order valence-corrected chi connectivity index (χ2v) is 7.00. The van der Waals surface area contributed by atoms with Crippen LogP contribution in [0.4, 0.5) is 0 Å². The van der Waals surface area contributed by atoms with Crippen LogP contribution in [0.3, 0.4) is 0 Å². The summed E-state index contributed by atoms with van der Waals surface area (Å²) >= 11 is 0. The zero-order valence-corrected chi connectivity index (χ0v) is 17.7. The minimum Gasteiger partial charge on any atom is -0.499 e. The number of hydrogen-bond acceptors (Lipinski definition) is 3. The lowest BCUT2D eigenvalue weighted by molar-refractivity contribution is 0.208. The van der Waals surface area contributed by atoms with E-state index in [9.17, 15) is 5.26 Å². The van der Waals surface area contributed by atoms with E-state index in [-0.39, 0.29) is 0 Å². The first-order valence-electron chi connectivity index (χ1n) is 9.64. The summed E-state index contributed by atoms with van der Waals surface area (Å²) in [6.07, 6.45) is 5.09. The molecule has 1 rings (SSSR count). The van der Waals surface area contributed by atoms with Gasteiger partial charge in [0.25, 0.3) is 0 Å². The summed E-state index contributed by atoms with van der Waals surface area (Å²) in [7, 11) is 0. The third kappa shape index (κ3) is 7.04. The molecule has 0 aliphatic carbocycles. The molecule has 1 aromatic carbocycles. The Labute approximate surface area is 170 Å². The van der Waals surface area contributed by atoms with Gasteiger partial charge in [-0.1, -0.05) is 43.0 Å². The maximum atomic E-state index is 9.28. The van der Waals surface area contributed by atoms with Crippen LogP contribution >= 0.6 is 0 Å². The molecule has 0 spiro atoms. The molecule has 3 heteroatoms. The summed E-state index contributed by atoms with van der Waals surface area (Å²) < 4.78 is 5.42. The first-order valence-corrected chi connectivity index (χ1v) is 9.64. The topological polar surface area (TPSA) is 45.4 Å². The van der Waals surface area contributed by atoms with Crippen molar-refractivity contribution in [1.82, 2.24) is 0 Å². The van der Waals surface area contributed by atoms with Crippen molar-refractivity contribution in [2.24, 2.45) is 10.9 Å². The molecule has 3 nitrogen and oxygen atoms in total. The number of allylic oxidation sites excluding steroid dienone is 4. The van der Waals surface area contributed by atoms with E-state index in [1.54, 1.807) is 6.07 Å². The molecule has 1 atom stereocenters. The van der Waals surface area contributed by atoms with E-state index >= 15 is 0 Å². The van der Waals surface area contributed by atoms with E-state index in [1.165, 1.54) is 5.57 Å². The summed E-state index contributed by atoms with van der Waals surface area (Å²) in [6.45, 7) is 20.6. The molecule has 1 unspecified atom stereocenters. The molecule has 0 N–H and O–H groups in total. The van der Waals surface area contributed by atoms with E-state index in [0.717, 1.165) is 41.9 Å². The van der Waals surface area contributed by atoms with Crippen LogP contribution < -0.4 is 0 Å². The maximum absolute atomic E-state index is 9.28. The van der Waals surface area contributed by atoms with Crippen LogP contribution in [-0.2, 0) is 4.74 Å². The Hall–Kier alpha value is -2.86. The van der Waals surface area contributed by atoms with Crippen molar-refractivity contribution in [3.8, 4) is 6.07 Å². The van der Waals surface area contributed by atoms with Gasteiger partial charge < -0.3 is 4.74 Å². The van der Waals surface area contributed by atoms with Crippen LogP contribution in [0.25, 0.3) is 5.70 Å². The Kier molecular flexibility index (Phi) is 9.74. The highest BCUT2D eigenvalue weighted by atomic mass is 16.5. The molecule has 0 fully saturated rings. The Morgan fingerprint density at radius 3 is 2.46 bits per heavy atom. The first-order chi connectivity index (χ1) is 13.3. The van der Waals surface area contributed by atoms with E-state index in [0.29, 0.717) is 23.8 Å². The number of aliphatic imine (C=N–C) groups is 1. The molecule has 0 aliphatic rings. The smallest absolute Gasteiger partial charge is 0.0998 e. The zero-order valence-electron chi connectivity index (χ0n) is 17.7. The number of benzene rings is 1. The van der Waals surface area contributed by atoms with Crippen LogP contribution in [0.1, 0.15) is 58.1 Å². The normalized spacial score (nSPS) is 13.2. The summed E-state index contributed by atoms with van der Waals surface area (Å²) in [5.74, 6) is 1.06. The van der Waals surface area contributed by atoms with E-state index in [4.69, 9.17) is 4.74 Å². The van der Waals surface area contributed by atoms with Gasteiger partial charge in [-0.25, -0.2) is 0 Å². The highest BCUT2D eigenvalue weighted by Gasteiger charge is 2.12. The van der Waals surface area contributed by atoms with Crippen LogP contribution in [0.15, 0.2) is 72.0 Å². The number of hydrogen-bond donors (Lipinski definition) is 0. The number of nitrogens with zero attached hydrogens (tertiary/aromatic N) is 2. The van der Waals surface area contributed by atoms with Crippen LogP contribution in [0, 0.1) is 17.2 Å². The fourth-order valence-corrected chi connectivity index (χ4v) is 2.97. The molecule has 0 radical (unpaired) electrons. The molecule has 148 valence electrons. The van der Waals surface area contributed by atoms with Crippen molar-refractivity contribution < 1.29 is 4.74 Å². The predicted octanol–water partition coefficient (Wildman–Crippen LogP) is 6.85. The second kappa shape index (κ2) is 11.8. The third-order valence-corrected chi connectivity index (χ3v) is 4.89. The van der Waals surface area contributed by atoms with Crippen LogP contribution in [-0.4, -0.2) is 12.3 Å². The van der Waals surface area contributed by atoms with Gasteiger partial charge in [0, 0.05) is 11.3 Å². The van der Waals surface area contributed by atoms with E-state index in [1.807, 2.05) is 38.1 Å². The van der Waals surface area contributed by atoms with Crippen molar-refractivity contribution in [1.29, 1.82) is 5.26 Å². The van der Waals surface area contributed by atoms with E-state index < -0.39 is 0 Å². The average molecular weight is 377 g/mol. The Morgan fingerprint density at radius 1 is 1.18 bits per heavy atom. The number of nitriles is 1. The fourth-order valence-electron chi connectivity index (χ4n) is 2.97. The van der Waals surface area contributed by atoms with E-state index in [2.05, 4.69) is 44.6 Å². The molecule has 0 aliphatic heterocycles. The van der Waals surface area contributed by atoms with Gasteiger partial charge in [-0.2, -0.15) is 5.26 Å². The number of unbranched alkanes of at least 4 members (excludes halogenated alkanes) is 1. The number of ether oxygens (including phenoxy) is 1. The standard InChI is InChI=1S/C25H32N2O/c1-8-23(13-11-12-16-28-18(2)3)20(5)19(4)21(6)27-22(7)25-15-10-9-14-24(25)17-26/h8-10,14-15,23H,1-2,7,11-13,16H2,3-6H3/b20-19+,27-21?. The summed E-state index contributed by atoms with van der Waals surface area (Å²) in [4.78, 5) is 4.67. The molecule has 0 heterocycles. The molecular formula is C25H32N2O. The molecule has 0 saturated heterocycles. The summed E-state index contributed by atoms with van der Waals surface area (Å²) in [5.41, 5.74) is 5.27. The average Bonchev–Trinajstić information content (AvgIpc) is 2.69. The molecule has 0 aromatic heterocycles. The SMILES string of the molecule is C=CC(CCCCOC(=C)C)/C(C)=C(\C)C(C)=NC(=C)c1ccccc1C#N. The van der Waals surface area contributed by atoms with Crippen molar-refractivity contribution in [2.75, 3.05) is 6.61 Å². The van der Waals surface area contributed by atoms with Gasteiger partial charge in [0.05, 0.1) is 29.7 Å². The fraction of sp³-hybridized carbons (Fsp3) is 0.360. The predicted molar refractivity (Wildman–Crippen MR) is 120 cm³/mol.